The summed E-state index contributed by atoms with van der Waals surface area (Å²) in [5.41, 5.74) is 1.48. The minimum atomic E-state index is -0.427. The Hall–Kier alpha value is -4.26. The molecule has 6 rings (SSSR count). The molecule has 5 heterocycles. The van der Waals surface area contributed by atoms with E-state index in [0.29, 0.717) is 28.9 Å². The molecule has 5 aromatic rings. The zero-order valence-corrected chi connectivity index (χ0v) is 18.6. The number of nitrogens with zero attached hydrogens (tertiary/aromatic N) is 8. The number of imidazole rings is 1. The monoisotopic (exact) mass is 462 g/mol. The highest BCUT2D eigenvalue weighted by molar-refractivity contribution is 5.82. The molecule has 13 heteroatoms. The minimum absolute atomic E-state index is 0.143. The van der Waals surface area contributed by atoms with Gasteiger partial charge >= 0.3 is 5.69 Å². The van der Waals surface area contributed by atoms with Gasteiger partial charge in [0.1, 0.15) is 6.54 Å². The van der Waals surface area contributed by atoms with E-state index in [1.807, 2.05) is 18.2 Å². The van der Waals surface area contributed by atoms with Crippen molar-refractivity contribution in [2.75, 3.05) is 31.1 Å². The Balaban J connectivity index is 1.46. The lowest BCUT2D eigenvalue weighted by Crippen LogP contribution is -2.44. The van der Waals surface area contributed by atoms with Crippen LogP contribution >= 0.6 is 0 Å². The van der Waals surface area contributed by atoms with Gasteiger partial charge in [-0.15, -0.1) is 10.2 Å². The first-order chi connectivity index (χ1) is 16.5. The summed E-state index contributed by atoms with van der Waals surface area (Å²) in [6.45, 7) is 3.17. The highest BCUT2D eigenvalue weighted by atomic mass is 16.4. The normalized spacial score (nSPS) is 14.5. The second kappa shape index (κ2) is 7.66. The lowest BCUT2D eigenvalue weighted by atomic mass is 10.1. The van der Waals surface area contributed by atoms with Gasteiger partial charge in [0, 0.05) is 51.2 Å². The Morgan fingerprint density at radius 2 is 1.91 bits per heavy atom. The third kappa shape index (κ3) is 3.12. The van der Waals surface area contributed by atoms with E-state index >= 15 is 0 Å². The molecule has 1 fully saturated rings. The van der Waals surface area contributed by atoms with E-state index in [1.165, 1.54) is 11.6 Å². The Bertz CT molecular complexity index is 1650. The van der Waals surface area contributed by atoms with Crippen LogP contribution in [-0.4, -0.2) is 65.3 Å². The van der Waals surface area contributed by atoms with Crippen LogP contribution in [0.15, 0.2) is 38.4 Å². The van der Waals surface area contributed by atoms with Crippen molar-refractivity contribution in [3.8, 4) is 11.5 Å². The summed E-state index contributed by atoms with van der Waals surface area (Å²) in [7, 11) is 3.07. The number of hydrogen-bond donors (Lipinski definition) is 2. The standard InChI is InChI=1S/C21H22N10O3/c1-28-17-16(19(32)29(2)21(28)33)31(20(24-17)30-7-5-22-6-8-30)11-15-26-27-18(34-15)12-3-4-14-13(9-12)10-23-25-14/h3-4,9-10,22H,5-8,11H2,1-2H3,(H,23,25). The van der Waals surface area contributed by atoms with Crippen LogP contribution in [0.5, 0.6) is 0 Å². The number of piperazine rings is 1. The Labute approximate surface area is 191 Å². The fraction of sp³-hybridized carbons (Fsp3) is 0.333. The average molecular weight is 462 g/mol. The number of aromatic nitrogens is 8. The van der Waals surface area contributed by atoms with Crippen molar-refractivity contribution in [3.63, 3.8) is 0 Å². The number of rotatable bonds is 4. The van der Waals surface area contributed by atoms with Crippen molar-refractivity contribution < 1.29 is 4.42 Å². The second-order valence-electron chi connectivity index (χ2n) is 8.29. The predicted octanol–water partition coefficient (Wildman–Crippen LogP) is -0.182. The van der Waals surface area contributed by atoms with Crippen molar-refractivity contribution >= 4 is 28.0 Å². The van der Waals surface area contributed by atoms with Crippen LogP contribution in [0.3, 0.4) is 0 Å². The highest BCUT2D eigenvalue weighted by Gasteiger charge is 2.25. The molecule has 0 unspecified atom stereocenters. The maximum absolute atomic E-state index is 13.1. The van der Waals surface area contributed by atoms with E-state index < -0.39 is 11.2 Å². The van der Waals surface area contributed by atoms with Crippen LogP contribution in [0.25, 0.3) is 33.5 Å². The summed E-state index contributed by atoms with van der Waals surface area (Å²) in [4.78, 5) is 32.4. The molecule has 1 saturated heterocycles. The number of hydrogen-bond acceptors (Lipinski definition) is 9. The van der Waals surface area contributed by atoms with Crippen LogP contribution in [0.1, 0.15) is 5.89 Å². The van der Waals surface area contributed by atoms with Crippen molar-refractivity contribution in [3.05, 3.63) is 51.1 Å². The number of aromatic amines is 1. The Kier molecular flexibility index (Phi) is 4.58. The molecular weight excluding hydrogens is 440 g/mol. The van der Waals surface area contributed by atoms with E-state index in [1.54, 1.807) is 17.8 Å². The van der Waals surface area contributed by atoms with E-state index in [9.17, 15) is 9.59 Å². The van der Waals surface area contributed by atoms with Gasteiger partial charge in [-0.3, -0.25) is 23.6 Å². The first-order valence-electron chi connectivity index (χ1n) is 10.9. The maximum atomic E-state index is 13.1. The zero-order valence-electron chi connectivity index (χ0n) is 18.6. The summed E-state index contributed by atoms with van der Waals surface area (Å²) in [6, 6.07) is 5.69. The molecule has 13 nitrogen and oxygen atoms in total. The third-order valence-electron chi connectivity index (χ3n) is 6.18. The SMILES string of the molecule is Cn1c(=O)c2c(nc(N3CCNCC3)n2Cc2nnc(-c3ccc4[nH]ncc4c3)o2)n(C)c1=O. The van der Waals surface area contributed by atoms with E-state index in [2.05, 4.69) is 30.6 Å². The first kappa shape index (κ1) is 20.4. The lowest BCUT2D eigenvalue weighted by molar-refractivity contribution is 0.487. The molecule has 0 amide bonds. The van der Waals surface area contributed by atoms with Gasteiger partial charge < -0.3 is 14.6 Å². The fourth-order valence-corrected chi connectivity index (χ4v) is 4.34. The molecule has 0 spiro atoms. The zero-order chi connectivity index (χ0) is 23.4. The number of aryl methyl sites for hydroxylation is 1. The van der Waals surface area contributed by atoms with Gasteiger partial charge in [-0.25, -0.2) is 4.79 Å². The summed E-state index contributed by atoms with van der Waals surface area (Å²) >= 11 is 0. The van der Waals surface area contributed by atoms with Crippen LogP contribution in [0.4, 0.5) is 5.95 Å². The topological polar surface area (TPSA) is 145 Å². The number of nitrogens with one attached hydrogen (secondary N) is 2. The molecule has 174 valence electrons. The molecule has 2 N–H and O–H groups in total. The highest BCUT2D eigenvalue weighted by Crippen LogP contribution is 2.25. The van der Waals surface area contributed by atoms with Crippen LogP contribution in [0, 0.1) is 0 Å². The van der Waals surface area contributed by atoms with E-state index in [-0.39, 0.29) is 6.54 Å². The van der Waals surface area contributed by atoms with Crippen molar-refractivity contribution in [1.29, 1.82) is 0 Å². The maximum Gasteiger partial charge on any atom is 0.332 e. The first-order valence-corrected chi connectivity index (χ1v) is 10.9. The Morgan fingerprint density at radius 3 is 2.74 bits per heavy atom. The molecule has 0 bridgehead atoms. The van der Waals surface area contributed by atoms with Crippen molar-refractivity contribution in [2.45, 2.75) is 6.54 Å². The van der Waals surface area contributed by atoms with Gasteiger partial charge in [0.2, 0.25) is 17.7 Å². The van der Waals surface area contributed by atoms with Crippen molar-refractivity contribution in [1.82, 2.24) is 44.4 Å². The quantitative estimate of drug-likeness (QED) is 0.371. The van der Waals surface area contributed by atoms with Gasteiger partial charge in [-0.1, -0.05) is 0 Å². The molecule has 0 atom stereocenters. The number of H-pyrrole nitrogens is 1. The van der Waals surface area contributed by atoms with Gasteiger partial charge in [-0.05, 0) is 18.2 Å². The van der Waals surface area contributed by atoms with Crippen molar-refractivity contribution in [2.24, 2.45) is 14.1 Å². The smallest absolute Gasteiger partial charge is 0.332 e. The fourth-order valence-electron chi connectivity index (χ4n) is 4.34. The molecule has 0 radical (unpaired) electrons. The van der Waals surface area contributed by atoms with Crippen LogP contribution in [0.2, 0.25) is 0 Å². The summed E-state index contributed by atoms with van der Waals surface area (Å²) in [6.07, 6.45) is 1.73. The summed E-state index contributed by atoms with van der Waals surface area (Å²) in [5, 5.41) is 19.6. The number of fused-ring (bicyclic) bond motifs is 2. The third-order valence-corrected chi connectivity index (χ3v) is 6.18. The Morgan fingerprint density at radius 1 is 1.09 bits per heavy atom. The van der Waals surface area contributed by atoms with Crippen LogP contribution < -0.4 is 21.5 Å². The summed E-state index contributed by atoms with van der Waals surface area (Å²) < 4.78 is 10.2. The molecular formula is C21H22N10O3. The molecule has 0 saturated carbocycles. The lowest BCUT2D eigenvalue weighted by Gasteiger charge is -2.28. The number of benzene rings is 1. The van der Waals surface area contributed by atoms with Gasteiger partial charge in [0.15, 0.2) is 11.2 Å². The van der Waals surface area contributed by atoms with Gasteiger partial charge in [0.05, 0.1) is 11.7 Å². The molecule has 1 aliphatic heterocycles. The number of anilines is 1. The minimum Gasteiger partial charge on any atom is -0.419 e. The van der Waals surface area contributed by atoms with E-state index in [4.69, 9.17) is 9.40 Å². The largest absolute Gasteiger partial charge is 0.419 e. The molecule has 0 aliphatic carbocycles. The molecule has 1 aliphatic rings. The van der Waals surface area contributed by atoms with Gasteiger partial charge in [0.25, 0.3) is 5.56 Å². The summed E-state index contributed by atoms with van der Waals surface area (Å²) in [5.74, 6) is 1.29. The molecule has 34 heavy (non-hydrogen) atoms. The second-order valence-corrected chi connectivity index (χ2v) is 8.29. The van der Waals surface area contributed by atoms with E-state index in [0.717, 1.165) is 47.2 Å². The predicted molar refractivity (Wildman–Crippen MR) is 124 cm³/mol. The molecule has 4 aromatic heterocycles. The average Bonchev–Trinajstić information content (AvgIpc) is 3.60. The molecule has 1 aromatic carbocycles. The van der Waals surface area contributed by atoms with Crippen LogP contribution in [-0.2, 0) is 20.6 Å². The van der Waals surface area contributed by atoms with Gasteiger partial charge in [-0.2, -0.15) is 10.1 Å².